The minimum Gasteiger partial charge on any atom is -0.355 e. The fourth-order valence-electron chi connectivity index (χ4n) is 2.99. The zero-order valence-electron chi connectivity index (χ0n) is 14.3. The summed E-state index contributed by atoms with van der Waals surface area (Å²) in [4.78, 5) is 9.16. The monoisotopic (exact) mass is 302 g/mol. The van der Waals surface area contributed by atoms with Crippen molar-refractivity contribution >= 4 is 5.96 Å². The maximum Gasteiger partial charge on any atom is 0.193 e. The SMILES string of the molecule is CCN(C)CCNC(=NC)N1CCC(Cc2ccccc2)C1. The van der Waals surface area contributed by atoms with Crippen LogP contribution in [-0.4, -0.2) is 62.6 Å². The van der Waals surface area contributed by atoms with Gasteiger partial charge in [-0.15, -0.1) is 0 Å². The Hall–Kier alpha value is -1.55. The molecule has 4 nitrogen and oxygen atoms in total. The summed E-state index contributed by atoms with van der Waals surface area (Å²) < 4.78 is 0. The molecule has 0 amide bonds. The summed E-state index contributed by atoms with van der Waals surface area (Å²) in [6.07, 6.45) is 2.43. The fourth-order valence-corrected chi connectivity index (χ4v) is 2.99. The van der Waals surface area contributed by atoms with Crippen molar-refractivity contribution in [2.45, 2.75) is 19.8 Å². The zero-order valence-corrected chi connectivity index (χ0v) is 14.3. The van der Waals surface area contributed by atoms with Gasteiger partial charge in [-0.25, -0.2) is 0 Å². The van der Waals surface area contributed by atoms with Gasteiger partial charge in [0.05, 0.1) is 0 Å². The van der Waals surface area contributed by atoms with Crippen molar-refractivity contribution in [2.75, 3.05) is 46.8 Å². The Morgan fingerprint density at radius 3 is 2.82 bits per heavy atom. The van der Waals surface area contributed by atoms with Gasteiger partial charge < -0.3 is 15.1 Å². The summed E-state index contributed by atoms with van der Waals surface area (Å²) in [5.74, 6) is 1.79. The Labute approximate surface area is 135 Å². The Morgan fingerprint density at radius 2 is 2.14 bits per heavy atom. The van der Waals surface area contributed by atoms with E-state index in [-0.39, 0.29) is 0 Å². The van der Waals surface area contributed by atoms with E-state index in [1.54, 1.807) is 0 Å². The molecule has 1 aromatic carbocycles. The number of hydrogen-bond acceptors (Lipinski definition) is 2. The standard InChI is InChI=1S/C18H30N4/c1-4-21(3)13-11-20-18(19-2)22-12-10-17(15-22)14-16-8-6-5-7-9-16/h5-9,17H,4,10-15H2,1-3H3,(H,19,20). The molecule has 1 saturated heterocycles. The molecule has 2 rings (SSSR count). The van der Waals surface area contributed by atoms with Crippen molar-refractivity contribution in [3.8, 4) is 0 Å². The van der Waals surface area contributed by atoms with Gasteiger partial charge in [0.2, 0.25) is 0 Å². The van der Waals surface area contributed by atoms with Crippen LogP contribution in [0.15, 0.2) is 35.3 Å². The Kier molecular flexibility index (Phi) is 6.72. The molecule has 1 atom stereocenters. The second-order valence-corrected chi connectivity index (χ2v) is 6.16. The van der Waals surface area contributed by atoms with Crippen molar-refractivity contribution in [1.82, 2.24) is 15.1 Å². The van der Waals surface area contributed by atoms with Gasteiger partial charge in [0.1, 0.15) is 0 Å². The lowest BCUT2D eigenvalue weighted by Gasteiger charge is -2.23. The summed E-state index contributed by atoms with van der Waals surface area (Å²) in [6, 6.07) is 10.8. The number of likely N-dealkylation sites (N-methyl/N-ethyl adjacent to an activating group) is 1. The van der Waals surface area contributed by atoms with Gasteiger partial charge in [-0.1, -0.05) is 37.3 Å². The van der Waals surface area contributed by atoms with Gasteiger partial charge in [0.25, 0.3) is 0 Å². The first-order chi connectivity index (χ1) is 10.7. The van der Waals surface area contributed by atoms with E-state index in [4.69, 9.17) is 0 Å². The second kappa shape index (κ2) is 8.79. The molecule has 122 valence electrons. The number of nitrogens with one attached hydrogen (secondary N) is 1. The smallest absolute Gasteiger partial charge is 0.193 e. The third-order valence-corrected chi connectivity index (χ3v) is 4.48. The number of nitrogens with zero attached hydrogens (tertiary/aromatic N) is 3. The molecular formula is C18H30N4. The normalized spacial score (nSPS) is 19.0. The van der Waals surface area contributed by atoms with E-state index in [0.29, 0.717) is 0 Å². The highest BCUT2D eigenvalue weighted by atomic mass is 15.3. The van der Waals surface area contributed by atoms with Crippen molar-refractivity contribution in [3.63, 3.8) is 0 Å². The van der Waals surface area contributed by atoms with E-state index in [2.05, 4.69) is 64.4 Å². The average Bonchev–Trinajstić information content (AvgIpc) is 3.00. The molecule has 1 N–H and O–H groups in total. The van der Waals surface area contributed by atoms with Crippen molar-refractivity contribution in [2.24, 2.45) is 10.9 Å². The van der Waals surface area contributed by atoms with Gasteiger partial charge in [0.15, 0.2) is 5.96 Å². The summed E-state index contributed by atoms with van der Waals surface area (Å²) in [5, 5.41) is 3.50. The lowest BCUT2D eigenvalue weighted by atomic mass is 9.99. The first-order valence-corrected chi connectivity index (χ1v) is 8.41. The van der Waals surface area contributed by atoms with E-state index < -0.39 is 0 Å². The van der Waals surface area contributed by atoms with E-state index >= 15 is 0 Å². The van der Waals surface area contributed by atoms with Gasteiger partial charge in [-0.05, 0) is 37.9 Å². The molecule has 1 aliphatic rings. The maximum absolute atomic E-state index is 4.45. The van der Waals surface area contributed by atoms with Gasteiger partial charge in [-0.3, -0.25) is 4.99 Å². The van der Waals surface area contributed by atoms with Gasteiger partial charge >= 0.3 is 0 Å². The second-order valence-electron chi connectivity index (χ2n) is 6.16. The minimum atomic E-state index is 0.735. The molecule has 4 heteroatoms. The van der Waals surface area contributed by atoms with E-state index in [0.717, 1.165) is 44.6 Å². The van der Waals surface area contributed by atoms with Crippen LogP contribution in [0.25, 0.3) is 0 Å². The number of guanidine groups is 1. The highest BCUT2D eigenvalue weighted by Gasteiger charge is 2.24. The van der Waals surface area contributed by atoms with Crippen LogP contribution in [0.2, 0.25) is 0 Å². The van der Waals surface area contributed by atoms with Crippen LogP contribution >= 0.6 is 0 Å². The van der Waals surface area contributed by atoms with Crippen LogP contribution in [0.5, 0.6) is 0 Å². The molecule has 1 heterocycles. The molecule has 0 aromatic heterocycles. The van der Waals surface area contributed by atoms with Crippen molar-refractivity contribution in [3.05, 3.63) is 35.9 Å². The number of benzene rings is 1. The Morgan fingerprint density at radius 1 is 1.36 bits per heavy atom. The Bertz CT molecular complexity index is 457. The first kappa shape index (κ1) is 16.8. The van der Waals surface area contributed by atoms with Gasteiger partial charge in [-0.2, -0.15) is 0 Å². The van der Waals surface area contributed by atoms with Crippen LogP contribution in [0, 0.1) is 5.92 Å². The highest BCUT2D eigenvalue weighted by Crippen LogP contribution is 2.20. The molecule has 0 bridgehead atoms. The lowest BCUT2D eigenvalue weighted by Crippen LogP contribution is -2.42. The predicted octanol–water partition coefficient (Wildman–Crippen LogP) is 2.08. The van der Waals surface area contributed by atoms with Crippen LogP contribution in [0.1, 0.15) is 18.9 Å². The molecule has 0 spiro atoms. The molecule has 0 aliphatic carbocycles. The van der Waals surface area contributed by atoms with E-state index in [1.807, 2.05) is 7.05 Å². The zero-order chi connectivity index (χ0) is 15.8. The number of aliphatic imine (C=N–C) groups is 1. The molecule has 1 unspecified atom stereocenters. The fraction of sp³-hybridized carbons (Fsp3) is 0.611. The molecule has 22 heavy (non-hydrogen) atoms. The predicted molar refractivity (Wildman–Crippen MR) is 94.4 cm³/mol. The van der Waals surface area contributed by atoms with E-state index in [9.17, 15) is 0 Å². The first-order valence-electron chi connectivity index (χ1n) is 8.41. The van der Waals surface area contributed by atoms with Gasteiger partial charge in [0, 0.05) is 33.2 Å². The largest absolute Gasteiger partial charge is 0.355 e. The quantitative estimate of drug-likeness (QED) is 0.645. The van der Waals surface area contributed by atoms with Crippen LogP contribution in [0.4, 0.5) is 0 Å². The third-order valence-electron chi connectivity index (χ3n) is 4.48. The number of likely N-dealkylation sites (tertiary alicyclic amines) is 1. The summed E-state index contributed by atoms with van der Waals surface area (Å²) >= 11 is 0. The average molecular weight is 302 g/mol. The minimum absolute atomic E-state index is 0.735. The highest BCUT2D eigenvalue weighted by molar-refractivity contribution is 5.80. The van der Waals surface area contributed by atoms with Crippen LogP contribution < -0.4 is 5.32 Å². The summed E-state index contributed by atoms with van der Waals surface area (Å²) in [6.45, 7) is 7.50. The molecule has 1 aliphatic heterocycles. The summed E-state index contributed by atoms with van der Waals surface area (Å²) in [7, 11) is 4.03. The number of hydrogen-bond donors (Lipinski definition) is 1. The topological polar surface area (TPSA) is 30.9 Å². The molecule has 0 saturated carbocycles. The third kappa shape index (κ3) is 5.02. The number of rotatable bonds is 6. The van der Waals surface area contributed by atoms with Crippen LogP contribution in [0.3, 0.4) is 0 Å². The molecule has 1 aromatic rings. The molecule has 1 fully saturated rings. The molecule has 0 radical (unpaired) electrons. The van der Waals surface area contributed by atoms with Crippen molar-refractivity contribution in [1.29, 1.82) is 0 Å². The van der Waals surface area contributed by atoms with Crippen molar-refractivity contribution < 1.29 is 0 Å². The van der Waals surface area contributed by atoms with Crippen LogP contribution in [-0.2, 0) is 6.42 Å². The Balaban J connectivity index is 1.78. The molecular weight excluding hydrogens is 272 g/mol. The maximum atomic E-state index is 4.45. The lowest BCUT2D eigenvalue weighted by molar-refractivity contribution is 0.353. The van der Waals surface area contributed by atoms with E-state index in [1.165, 1.54) is 18.4 Å². The summed E-state index contributed by atoms with van der Waals surface area (Å²) in [5.41, 5.74) is 1.45.